The third-order valence-electron chi connectivity index (χ3n) is 4.57. The van der Waals surface area contributed by atoms with Gasteiger partial charge in [-0.15, -0.1) is 0 Å². The number of benzene rings is 2. The van der Waals surface area contributed by atoms with Crippen molar-refractivity contribution >= 4 is 27.6 Å². The first-order chi connectivity index (χ1) is 13.1. The van der Waals surface area contributed by atoms with Gasteiger partial charge in [-0.2, -0.15) is 5.26 Å². The summed E-state index contributed by atoms with van der Waals surface area (Å²) in [5.41, 5.74) is 2.00. The second-order valence-electron chi connectivity index (χ2n) is 6.37. The molecule has 2 N–H and O–H groups in total. The molecule has 0 amide bonds. The van der Waals surface area contributed by atoms with Crippen molar-refractivity contribution in [2.75, 3.05) is 25.0 Å². The van der Waals surface area contributed by atoms with Gasteiger partial charge in [0.2, 0.25) is 0 Å². The largest absolute Gasteiger partial charge is 0.368 e. The molecule has 2 aromatic rings. The van der Waals surface area contributed by atoms with Crippen LogP contribution < -0.4 is 15.5 Å². The summed E-state index contributed by atoms with van der Waals surface area (Å²) in [4.78, 5) is 6.57. The molecule has 0 aromatic heterocycles. The molecule has 7 heteroatoms. The van der Waals surface area contributed by atoms with Crippen LogP contribution in [0.3, 0.4) is 0 Å². The molecule has 1 aliphatic rings. The van der Waals surface area contributed by atoms with Gasteiger partial charge in [-0.25, -0.2) is 4.39 Å². The van der Waals surface area contributed by atoms with Crippen molar-refractivity contribution in [1.29, 1.82) is 5.26 Å². The Morgan fingerprint density at radius 2 is 2.19 bits per heavy atom. The van der Waals surface area contributed by atoms with Crippen molar-refractivity contribution in [2.24, 2.45) is 4.99 Å². The Balaban J connectivity index is 1.55. The average molecular weight is 430 g/mol. The molecular formula is C20H21BrFN5. The smallest absolute Gasteiger partial charge is 0.191 e. The van der Waals surface area contributed by atoms with Gasteiger partial charge in [0.15, 0.2) is 5.96 Å². The summed E-state index contributed by atoms with van der Waals surface area (Å²) in [6.07, 6.45) is 0.993. The lowest BCUT2D eigenvalue weighted by molar-refractivity contribution is 0.600. The van der Waals surface area contributed by atoms with Crippen LogP contribution >= 0.6 is 15.9 Å². The van der Waals surface area contributed by atoms with Crippen LogP contribution in [-0.4, -0.2) is 32.1 Å². The Morgan fingerprint density at radius 1 is 1.37 bits per heavy atom. The summed E-state index contributed by atoms with van der Waals surface area (Å²) in [7, 11) is 1.70. The predicted octanol–water partition coefficient (Wildman–Crippen LogP) is 3.40. The molecule has 3 rings (SSSR count). The van der Waals surface area contributed by atoms with Gasteiger partial charge in [-0.1, -0.05) is 18.2 Å². The minimum atomic E-state index is -0.391. The molecular weight excluding hydrogens is 409 g/mol. The molecule has 0 saturated carbocycles. The SMILES string of the molecule is CN=C(NCc1ccc(C#N)cc1F)NC1CCN(c2ccccc2Br)C1. The van der Waals surface area contributed by atoms with Gasteiger partial charge in [0.05, 0.1) is 17.3 Å². The zero-order valence-electron chi connectivity index (χ0n) is 15.0. The van der Waals surface area contributed by atoms with Gasteiger partial charge in [-0.05, 0) is 46.6 Å². The van der Waals surface area contributed by atoms with E-state index in [2.05, 4.69) is 42.5 Å². The average Bonchev–Trinajstić information content (AvgIpc) is 3.14. The summed E-state index contributed by atoms with van der Waals surface area (Å²) < 4.78 is 15.1. The lowest BCUT2D eigenvalue weighted by Gasteiger charge is -2.21. The van der Waals surface area contributed by atoms with E-state index in [0.717, 1.165) is 24.0 Å². The molecule has 1 aliphatic heterocycles. The van der Waals surface area contributed by atoms with E-state index >= 15 is 0 Å². The van der Waals surface area contributed by atoms with Crippen LogP contribution in [-0.2, 0) is 6.54 Å². The minimum absolute atomic E-state index is 0.258. The fourth-order valence-corrected chi connectivity index (χ4v) is 3.67. The van der Waals surface area contributed by atoms with Crippen molar-refractivity contribution in [3.05, 3.63) is 63.9 Å². The maximum Gasteiger partial charge on any atom is 0.191 e. The molecule has 140 valence electrons. The van der Waals surface area contributed by atoms with Gasteiger partial charge in [0.1, 0.15) is 5.82 Å². The molecule has 0 radical (unpaired) electrons. The zero-order valence-corrected chi connectivity index (χ0v) is 16.6. The van der Waals surface area contributed by atoms with Gasteiger partial charge < -0.3 is 15.5 Å². The molecule has 1 fully saturated rings. The first-order valence-corrected chi connectivity index (χ1v) is 9.55. The predicted molar refractivity (Wildman–Crippen MR) is 109 cm³/mol. The Hall–Kier alpha value is -2.59. The van der Waals surface area contributed by atoms with Crippen LogP contribution in [0.4, 0.5) is 10.1 Å². The summed E-state index contributed by atoms with van der Waals surface area (Å²) >= 11 is 3.60. The third kappa shape index (κ3) is 4.77. The quantitative estimate of drug-likeness (QED) is 0.577. The van der Waals surface area contributed by atoms with E-state index in [-0.39, 0.29) is 6.04 Å². The summed E-state index contributed by atoms with van der Waals surface area (Å²) in [5, 5.41) is 15.4. The Morgan fingerprint density at radius 3 is 2.89 bits per heavy atom. The van der Waals surface area contributed by atoms with Crippen molar-refractivity contribution < 1.29 is 4.39 Å². The molecule has 2 aromatic carbocycles. The number of guanidine groups is 1. The summed E-state index contributed by atoms with van der Waals surface area (Å²) in [5.74, 6) is 0.246. The molecule has 0 spiro atoms. The van der Waals surface area contributed by atoms with E-state index in [9.17, 15) is 4.39 Å². The highest BCUT2D eigenvalue weighted by Crippen LogP contribution is 2.28. The Bertz CT molecular complexity index is 877. The van der Waals surface area contributed by atoms with Crippen LogP contribution in [0.15, 0.2) is 51.9 Å². The number of hydrogen-bond donors (Lipinski definition) is 2. The van der Waals surface area contributed by atoms with Crippen LogP contribution in [0.1, 0.15) is 17.5 Å². The van der Waals surface area contributed by atoms with Crippen LogP contribution in [0, 0.1) is 17.1 Å². The lowest BCUT2D eigenvalue weighted by Crippen LogP contribution is -2.44. The van der Waals surface area contributed by atoms with Crippen LogP contribution in [0.2, 0.25) is 0 Å². The molecule has 1 saturated heterocycles. The fourth-order valence-electron chi connectivity index (χ4n) is 3.13. The number of para-hydroxylation sites is 1. The number of nitrogens with zero attached hydrogens (tertiary/aromatic N) is 3. The first kappa shape index (κ1) is 19.2. The normalized spacial score (nSPS) is 16.9. The van der Waals surface area contributed by atoms with E-state index in [0.29, 0.717) is 23.6 Å². The second kappa shape index (κ2) is 8.87. The van der Waals surface area contributed by atoms with Gasteiger partial charge in [0.25, 0.3) is 0 Å². The summed E-state index contributed by atoms with van der Waals surface area (Å²) in [6.45, 7) is 2.13. The topological polar surface area (TPSA) is 63.5 Å². The number of anilines is 1. The van der Waals surface area contributed by atoms with E-state index < -0.39 is 5.82 Å². The Labute approximate surface area is 167 Å². The molecule has 0 bridgehead atoms. The number of aliphatic imine (C=N–C) groups is 1. The number of halogens is 2. The number of hydrogen-bond acceptors (Lipinski definition) is 3. The van der Waals surface area contributed by atoms with Crippen molar-refractivity contribution in [3.63, 3.8) is 0 Å². The second-order valence-corrected chi connectivity index (χ2v) is 7.23. The maximum atomic E-state index is 14.0. The molecule has 1 heterocycles. The monoisotopic (exact) mass is 429 g/mol. The van der Waals surface area contributed by atoms with Crippen LogP contribution in [0.25, 0.3) is 0 Å². The Kier molecular flexibility index (Phi) is 6.30. The molecule has 1 unspecified atom stereocenters. The van der Waals surface area contributed by atoms with Crippen molar-refractivity contribution in [3.8, 4) is 6.07 Å². The standard InChI is InChI=1S/C20H21BrFN5/c1-24-20(25-12-15-7-6-14(11-23)10-18(15)22)26-16-8-9-27(13-16)19-5-3-2-4-17(19)21/h2-7,10,16H,8-9,12-13H2,1H3,(H2,24,25,26). The van der Waals surface area contributed by atoms with Crippen molar-refractivity contribution in [2.45, 2.75) is 19.0 Å². The molecule has 0 aliphatic carbocycles. The number of nitrogens with one attached hydrogen (secondary N) is 2. The lowest BCUT2D eigenvalue weighted by atomic mass is 10.1. The minimum Gasteiger partial charge on any atom is -0.368 e. The highest BCUT2D eigenvalue weighted by molar-refractivity contribution is 9.10. The van der Waals surface area contributed by atoms with Crippen molar-refractivity contribution in [1.82, 2.24) is 10.6 Å². The van der Waals surface area contributed by atoms with E-state index in [1.54, 1.807) is 19.2 Å². The maximum absolute atomic E-state index is 14.0. The molecule has 5 nitrogen and oxygen atoms in total. The molecule has 27 heavy (non-hydrogen) atoms. The first-order valence-electron chi connectivity index (χ1n) is 8.76. The third-order valence-corrected chi connectivity index (χ3v) is 5.24. The van der Waals surface area contributed by atoms with Gasteiger partial charge >= 0.3 is 0 Å². The zero-order chi connectivity index (χ0) is 19.2. The molecule has 1 atom stereocenters. The fraction of sp³-hybridized carbons (Fsp3) is 0.300. The summed E-state index contributed by atoms with van der Waals surface area (Å²) in [6, 6.07) is 14.9. The number of nitriles is 1. The highest BCUT2D eigenvalue weighted by Gasteiger charge is 2.24. The number of rotatable bonds is 4. The highest BCUT2D eigenvalue weighted by atomic mass is 79.9. The van der Waals surface area contributed by atoms with E-state index in [1.807, 2.05) is 24.3 Å². The van der Waals surface area contributed by atoms with E-state index in [1.165, 1.54) is 11.8 Å². The van der Waals surface area contributed by atoms with Gasteiger partial charge in [0, 0.05) is 42.8 Å². The van der Waals surface area contributed by atoms with Crippen LogP contribution in [0.5, 0.6) is 0 Å². The van der Waals surface area contributed by atoms with Gasteiger partial charge in [-0.3, -0.25) is 4.99 Å². The van der Waals surface area contributed by atoms with E-state index in [4.69, 9.17) is 5.26 Å².